The van der Waals surface area contributed by atoms with Crippen molar-refractivity contribution in [3.8, 4) is 0 Å². The Morgan fingerprint density at radius 1 is 1.13 bits per heavy atom. The molecule has 0 aromatic carbocycles. The largest absolute Gasteiger partial charge is 0.456 e. The van der Waals surface area contributed by atoms with E-state index in [1.807, 2.05) is 55.4 Å². The molecule has 0 amide bonds. The molecule has 1 aliphatic heterocycles. The average molecular weight is 549 g/mol. The lowest BCUT2D eigenvalue weighted by Gasteiger charge is -2.68. The van der Waals surface area contributed by atoms with Gasteiger partial charge in [-0.1, -0.05) is 55.4 Å². The molecule has 1 saturated heterocycles. The molecular weight excluding hydrogens is 500 g/mol. The monoisotopic (exact) mass is 548 g/mol. The van der Waals surface area contributed by atoms with Crippen molar-refractivity contribution in [1.82, 2.24) is 0 Å². The van der Waals surface area contributed by atoms with Gasteiger partial charge in [0.25, 0.3) is 0 Å². The number of carbonyl (C=O) groups is 3. The maximum Gasteiger partial charge on any atom is 0.336 e. The Morgan fingerprint density at radius 3 is 2.23 bits per heavy atom. The minimum atomic E-state index is -1.38. The van der Waals surface area contributed by atoms with Gasteiger partial charge in [-0.15, -0.1) is 0 Å². The van der Waals surface area contributed by atoms with Crippen molar-refractivity contribution in [2.75, 3.05) is 13.7 Å². The quantitative estimate of drug-likeness (QED) is 0.401. The van der Waals surface area contributed by atoms with Crippen LogP contribution in [0.4, 0.5) is 0 Å². The molecule has 4 rings (SSSR count). The van der Waals surface area contributed by atoms with E-state index in [9.17, 15) is 19.5 Å². The number of ether oxygens (including phenoxy) is 4. The molecule has 39 heavy (non-hydrogen) atoms. The number of hydrogen-bond donors (Lipinski definition) is 1. The zero-order valence-corrected chi connectivity index (χ0v) is 25.5. The fourth-order valence-electron chi connectivity index (χ4n) is 9.15. The number of fused-ring (bicyclic) bond motifs is 5. The van der Waals surface area contributed by atoms with Crippen molar-refractivity contribution in [2.45, 2.75) is 112 Å². The summed E-state index contributed by atoms with van der Waals surface area (Å²) in [6.07, 6.45) is -1.03. The molecule has 8 nitrogen and oxygen atoms in total. The van der Waals surface area contributed by atoms with Gasteiger partial charge >= 0.3 is 11.9 Å². The molecule has 2 bridgehead atoms. The summed E-state index contributed by atoms with van der Waals surface area (Å²) in [6.45, 7) is 19.2. The first-order valence-corrected chi connectivity index (χ1v) is 14.4. The molecule has 0 aromatic heterocycles. The number of ketones is 1. The van der Waals surface area contributed by atoms with Crippen molar-refractivity contribution in [1.29, 1.82) is 0 Å². The molecular formula is C31H48O8. The lowest BCUT2D eigenvalue weighted by molar-refractivity contribution is -0.332. The van der Waals surface area contributed by atoms with E-state index in [-0.39, 0.29) is 36.8 Å². The third-order valence-electron chi connectivity index (χ3n) is 11.3. The SMILES string of the molecule is COC(C(=O)OC1CC2(O)C(C)C3C4(OC(C)=O)COC4C[C@H](C)[C@@]3(C)C(=O)[C@H](C)C(=C1C)C2(C)C)C(C)C. The van der Waals surface area contributed by atoms with Crippen molar-refractivity contribution in [3.63, 3.8) is 0 Å². The summed E-state index contributed by atoms with van der Waals surface area (Å²) in [4.78, 5) is 40.3. The molecule has 0 aromatic rings. The lowest BCUT2D eigenvalue weighted by atomic mass is 9.40. The van der Waals surface area contributed by atoms with Crippen molar-refractivity contribution in [2.24, 2.45) is 40.4 Å². The van der Waals surface area contributed by atoms with Crippen LogP contribution in [0.15, 0.2) is 11.1 Å². The second-order valence-corrected chi connectivity index (χ2v) is 13.8. The molecule has 3 fully saturated rings. The summed E-state index contributed by atoms with van der Waals surface area (Å²) in [5.41, 5.74) is -2.43. The second kappa shape index (κ2) is 9.66. The summed E-state index contributed by atoms with van der Waals surface area (Å²) >= 11 is 0. The van der Waals surface area contributed by atoms with E-state index >= 15 is 0 Å². The lowest BCUT2D eigenvalue weighted by Crippen LogP contribution is -2.78. The van der Waals surface area contributed by atoms with Crippen LogP contribution in [0.25, 0.3) is 0 Å². The molecule has 1 heterocycles. The number of carbonyl (C=O) groups excluding carboxylic acids is 3. The number of rotatable bonds is 5. The van der Waals surface area contributed by atoms with Gasteiger partial charge in [0.2, 0.25) is 0 Å². The van der Waals surface area contributed by atoms with Crippen LogP contribution < -0.4 is 0 Å². The molecule has 1 N–H and O–H groups in total. The minimum absolute atomic E-state index is 0.0533. The van der Waals surface area contributed by atoms with E-state index in [4.69, 9.17) is 18.9 Å². The Hall–Kier alpha value is -1.77. The number of methoxy groups -OCH3 is 1. The maximum atomic E-state index is 14.7. The topological polar surface area (TPSA) is 108 Å². The normalized spacial score (nSPS) is 43.9. The van der Waals surface area contributed by atoms with Crippen LogP contribution in [0.5, 0.6) is 0 Å². The molecule has 4 aliphatic rings. The van der Waals surface area contributed by atoms with Crippen LogP contribution in [0.3, 0.4) is 0 Å². The number of esters is 2. The van der Waals surface area contributed by atoms with E-state index in [1.54, 1.807) is 0 Å². The Morgan fingerprint density at radius 2 is 1.74 bits per heavy atom. The summed E-state index contributed by atoms with van der Waals surface area (Å²) < 4.78 is 23.6. The molecule has 2 saturated carbocycles. The Bertz CT molecular complexity index is 1080. The fraction of sp³-hybridized carbons (Fsp3) is 0.839. The first-order chi connectivity index (χ1) is 17.9. The maximum absolute atomic E-state index is 14.7. The van der Waals surface area contributed by atoms with E-state index in [0.29, 0.717) is 6.42 Å². The van der Waals surface area contributed by atoms with Crippen LogP contribution in [0, 0.1) is 40.4 Å². The van der Waals surface area contributed by atoms with E-state index in [1.165, 1.54) is 14.0 Å². The van der Waals surface area contributed by atoms with Crippen molar-refractivity contribution in [3.05, 3.63) is 11.1 Å². The smallest absolute Gasteiger partial charge is 0.336 e. The number of aliphatic hydroxyl groups is 1. The highest BCUT2D eigenvalue weighted by atomic mass is 16.6. The van der Waals surface area contributed by atoms with Gasteiger partial charge in [0.05, 0.1) is 12.2 Å². The summed E-state index contributed by atoms with van der Waals surface area (Å²) in [5, 5.41) is 12.9. The first-order valence-electron chi connectivity index (χ1n) is 14.4. The van der Waals surface area contributed by atoms with Crippen LogP contribution in [0.1, 0.15) is 82.1 Å². The zero-order chi connectivity index (χ0) is 29.5. The molecule has 3 aliphatic carbocycles. The average Bonchev–Trinajstić information content (AvgIpc) is 2.82. The van der Waals surface area contributed by atoms with Crippen molar-refractivity contribution >= 4 is 17.7 Å². The standard InChI is InChI=1S/C31H48O8/c1-15(2)24(36-11)27(34)38-21-13-31(35)19(6)25-29(10,26(33)18(5)23(17(21)4)28(31,8)9)16(3)12-22-30(25,14-37-22)39-20(7)32/h15-16,18-19,21-22,24-25,35H,12-14H2,1-11H3/t16-,18+,19?,21?,22?,24?,25?,29+,30?,31?/m0/s1. The predicted octanol–water partition coefficient (Wildman–Crippen LogP) is 4.26. The van der Waals surface area contributed by atoms with Gasteiger partial charge in [0.15, 0.2) is 11.7 Å². The zero-order valence-electron chi connectivity index (χ0n) is 25.5. The van der Waals surface area contributed by atoms with Gasteiger partial charge in [0, 0.05) is 43.1 Å². The number of hydrogen-bond acceptors (Lipinski definition) is 8. The summed E-state index contributed by atoms with van der Waals surface area (Å²) in [5.74, 6) is -2.50. The summed E-state index contributed by atoms with van der Waals surface area (Å²) in [6, 6.07) is 0. The van der Waals surface area contributed by atoms with Gasteiger partial charge in [-0.25, -0.2) is 4.79 Å². The summed E-state index contributed by atoms with van der Waals surface area (Å²) in [7, 11) is 1.48. The third-order valence-corrected chi connectivity index (χ3v) is 11.3. The Labute approximate surface area is 233 Å². The molecule has 0 radical (unpaired) electrons. The predicted molar refractivity (Wildman–Crippen MR) is 145 cm³/mol. The van der Waals surface area contributed by atoms with Gasteiger partial charge in [-0.2, -0.15) is 0 Å². The minimum Gasteiger partial charge on any atom is -0.456 e. The molecule has 8 heteroatoms. The molecule has 0 spiro atoms. The van der Waals surface area contributed by atoms with Gasteiger partial charge < -0.3 is 24.1 Å². The molecule has 7 unspecified atom stereocenters. The van der Waals surface area contributed by atoms with E-state index in [0.717, 1.165) is 11.1 Å². The van der Waals surface area contributed by atoms with Crippen LogP contribution in [-0.4, -0.2) is 66.1 Å². The third kappa shape index (κ3) is 3.98. The highest BCUT2D eigenvalue weighted by molar-refractivity contribution is 5.91. The van der Waals surface area contributed by atoms with Crippen LogP contribution in [-0.2, 0) is 33.3 Å². The fourth-order valence-corrected chi connectivity index (χ4v) is 9.15. The van der Waals surface area contributed by atoms with Gasteiger partial charge in [0.1, 0.15) is 18.0 Å². The van der Waals surface area contributed by atoms with Crippen LogP contribution in [0.2, 0.25) is 0 Å². The van der Waals surface area contributed by atoms with Crippen LogP contribution >= 0.6 is 0 Å². The van der Waals surface area contributed by atoms with Crippen molar-refractivity contribution < 1.29 is 38.4 Å². The highest BCUT2D eigenvalue weighted by Gasteiger charge is 2.74. The Balaban J connectivity index is 1.92. The van der Waals surface area contributed by atoms with E-state index < -0.39 is 63.9 Å². The van der Waals surface area contributed by atoms with E-state index in [2.05, 4.69) is 6.92 Å². The second-order valence-electron chi connectivity index (χ2n) is 13.8. The van der Waals surface area contributed by atoms with Gasteiger partial charge in [-0.05, 0) is 42.2 Å². The highest BCUT2D eigenvalue weighted by Crippen LogP contribution is 2.67. The number of Topliss-reactive ketones (excluding diaryl/α,β-unsaturated/α-hetero) is 1. The Kier molecular flexibility index (Phi) is 7.48. The van der Waals surface area contributed by atoms with Gasteiger partial charge in [-0.3, -0.25) is 9.59 Å². The first kappa shape index (κ1) is 30.2. The molecule has 10 atom stereocenters. The molecule has 220 valence electrons.